The van der Waals surface area contributed by atoms with E-state index in [1.165, 1.54) is 17.7 Å². The summed E-state index contributed by atoms with van der Waals surface area (Å²) in [6.45, 7) is 7.89. The molecular weight excluding hydrogens is 407 g/mol. The fraction of sp³-hybridized carbons (Fsp3) is 0.440. The van der Waals surface area contributed by atoms with E-state index in [1.54, 1.807) is 12.1 Å². The topological polar surface area (TPSA) is 64.7 Å². The van der Waals surface area contributed by atoms with Crippen molar-refractivity contribution in [1.29, 1.82) is 0 Å². The SMILES string of the molecule is CC[C@H](CNC(=O)[C@@H](C)N1CCN(CC(=O)Nc2ccc(F)cc2)CC1)c1ccccc1. The molecule has 2 N–H and O–H groups in total. The molecule has 3 rings (SSSR count). The molecule has 0 radical (unpaired) electrons. The van der Waals surface area contributed by atoms with Crippen molar-refractivity contribution < 1.29 is 14.0 Å². The molecule has 2 aromatic rings. The third-order valence-corrected chi connectivity index (χ3v) is 6.12. The molecule has 1 heterocycles. The van der Waals surface area contributed by atoms with Gasteiger partial charge in [-0.2, -0.15) is 0 Å². The van der Waals surface area contributed by atoms with E-state index in [-0.39, 0.29) is 30.2 Å². The molecule has 1 aliphatic rings. The van der Waals surface area contributed by atoms with Gasteiger partial charge in [-0.3, -0.25) is 19.4 Å². The molecule has 2 amide bonds. The highest BCUT2D eigenvalue weighted by Crippen LogP contribution is 2.18. The van der Waals surface area contributed by atoms with Gasteiger partial charge in [0.05, 0.1) is 12.6 Å². The molecule has 0 aliphatic carbocycles. The normalized spacial score (nSPS) is 16.8. The van der Waals surface area contributed by atoms with Crippen LogP contribution in [-0.4, -0.2) is 66.9 Å². The zero-order valence-corrected chi connectivity index (χ0v) is 18.9. The third kappa shape index (κ3) is 6.87. The van der Waals surface area contributed by atoms with E-state index in [2.05, 4.69) is 39.5 Å². The van der Waals surface area contributed by atoms with E-state index >= 15 is 0 Å². The maximum atomic E-state index is 13.0. The van der Waals surface area contributed by atoms with Gasteiger partial charge in [0.25, 0.3) is 0 Å². The molecule has 1 aliphatic heterocycles. The average molecular weight is 441 g/mol. The van der Waals surface area contributed by atoms with Gasteiger partial charge in [-0.05, 0) is 43.2 Å². The summed E-state index contributed by atoms with van der Waals surface area (Å²) in [7, 11) is 0. The molecule has 6 nitrogen and oxygen atoms in total. The van der Waals surface area contributed by atoms with Gasteiger partial charge in [-0.15, -0.1) is 0 Å². The van der Waals surface area contributed by atoms with E-state index in [1.807, 2.05) is 25.1 Å². The number of hydrogen-bond acceptors (Lipinski definition) is 4. The van der Waals surface area contributed by atoms with Crippen LogP contribution in [0.25, 0.3) is 0 Å². The van der Waals surface area contributed by atoms with Gasteiger partial charge < -0.3 is 10.6 Å². The largest absolute Gasteiger partial charge is 0.354 e. The van der Waals surface area contributed by atoms with Crippen LogP contribution in [0.2, 0.25) is 0 Å². The first kappa shape index (κ1) is 23.9. The highest BCUT2D eigenvalue weighted by atomic mass is 19.1. The molecule has 0 aromatic heterocycles. The van der Waals surface area contributed by atoms with Crippen LogP contribution >= 0.6 is 0 Å². The minimum atomic E-state index is -0.331. The Morgan fingerprint density at radius 1 is 1.00 bits per heavy atom. The molecular formula is C25H33FN4O2. The number of hydrogen-bond donors (Lipinski definition) is 2. The first-order valence-electron chi connectivity index (χ1n) is 11.3. The Hall–Kier alpha value is -2.77. The fourth-order valence-corrected chi connectivity index (χ4v) is 4.01. The summed E-state index contributed by atoms with van der Waals surface area (Å²) in [6.07, 6.45) is 0.970. The standard InChI is InChI=1S/C25H33FN4O2/c1-3-20(21-7-5-4-6-8-21)17-27-25(32)19(2)30-15-13-29(14-16-30)18-24(31)28-23-11-9-22(26)10-12-23/h4-12,19-20H,3,13-18H2,1-2H3,(H,27,32)(H,28,31)/t19-,20-/m1/s1. The first-order chi connectivity index (χ1) is 15.5. The summed E-state index contributed by atoms with van der Waals surface area (Å²) in [4.78, 5) is 29.2. The Morgan fingerprint density at radius 3 is 2.28 bits per heavy atom. The van der Waals surface area contributed by atoms with Crippen molar-refractivity contribution in [2.75, 3.05) is 44.6 Å². The minimum Gasteiger partial charge on any atom is -0.354 e. The summed E-state index contributed by atoms with van der Waals surface area (Å²) in [5.74, 6) is -0.101. The predicted octanol–water partition coefficient (Wildman–Crippen LogP) is 3.08. The molecule has 0 unspecified atom stereocenters. The van der Waals surface area contributed by atoms with Gasteiger partial charge >= 0.3 is 0 Å². The number of rotatable bonds is 9. The molecule has 172 valence electrons. The van der Waals surface area contributed by atoms with Gasteiger partial charge in [-0.25, -0.2) is 4.39 Å². The van der Waals surface area contributed by atoms with E-state index in [4.69, 9.17) is 0 Å². The van der Waals surface area contributed by atoms with Gasteiger partial charge in [-0.1, -0.05) is 37.3 Å². The fourth-order valence-electron chi connectivity index (χ4n) is 4.01. The molecule has 32 heavy (non-hydrogen) atoms. The van der Waals surface area contributed by atoms with Crippen LogP contribution < -0.4 is 10.6 Å². The molecule has 0 spiro atoms. The van der Waals surface area contributed by atoms with Crippen LogP contribution in [0.15, 0.2) is 54.6 Å². The molecule has 1 fully saturated rings. The molecule has 2 atom stereocenters. The number of carbonyl (C=O) groups excluding carboxylic acids is 2. The zero-order valence-electron chi connectivity index (χ0n) is 18.9. The minimum absolute atomic E-state index is 0.0434. The molecule has 2 aromatic carbocycles. The van der Waals surface area contributed by atoms with Crippen molar-refractivity contribution in [2.24, 2.45) is 0 Å². The lowest BCUT2D eigenvalue weighted by atomic mass is 9.96. The van der Waals surface area contributed by atoms with E-state index < -0.39 is 0 Å². The van der Waals surface area contributed by atoms with Crippen molar-refractivity contribution in [3.8, 4) is 0 Å². The molecule has 1 saturated heterocycles. The van der Waals surface area contributed by atoms with E-state index in [0.29, 0.717) is 18.2 Å². The Kier molecular flexibility index (Phi) is 8.76. The number of piperazine rings is 1. The smallest absolute Gasteiger partial charge is 0.238 e. The lowest BCUT2D eigenvalue weighted by Crippen LogP contribution is -2.55. The van der Waals surface area contributed by atoms with Gasteiger partial charge in [0, 0.05) is 44.3 Å². The van der Waals surface area contributed by atoms with E-state index in [0.717, 1.165) is 32.6 Å². The van der Waals surface area contributed by atoms with Crippen LogP contribution in [0.4, 0.5) is 10.1 Å². The Balaban J connectivity index is 1.40. The predicted molar refractivity (Wildman–Crippen MR) is 125 cm³/mol. The van der Waals surface area contributed by atoms with Crippen LogP contribution in [0.3, 0.4) is 0 Å². The summed E-state index contributed by atoms with van der Waals surface area (Å²) in [6, 6.07) is 15.8. The zero-order chi connectivity index (χ0) is 22.9. The number of halogens is 1. The third-order valence-electron chi connectivity index (χ3n) is 6.12. The van der Waals surface area contributed by atoms with E-state index in [9.17, 15) is 14.0 Å². The second-order valence-corrected chi connectivity index (χ2v) is 8.30. The highest BCUT2D eigenvalue weighted by Gasteiger charge is 2.26. The number of benzene rings is 2. The number of anilines is 1. The lowest BCUT2D eigenvalue weighted by Gasteiger charge is -2.37. The van der Waals surface area contributed by atoms with Crippen LogP contribution in [0, 0.1) is 5.82 Å². The quantitative estimate of drug-likeness (QED) is 0.629. The summed E-state index contributed by atoms with van der Waals surface area (Å²) in [5, 5.41) is 5.91. The lowest BCUT2D eigenvalue weighted by molar-refractivity contribution is -0.127. The van der Waals surface area contributed by atoms with Crippen LogP contribution in [-0.2, 0) is 9.59 Å². The van der Waals surface area contributed by atoms with Gasteiger partial charge in [0.2, 0.25) is 11.8 Å². The second-order valence-electron chi connectivity index (χ2n) is 8.30. The maximum Gasteiger partial charge on any atom is 0.238 e. The summed E-state index contributed by atoms with van der Waals surface area (Å²) in [5.41, 5.74) is 1.83. The number of carbonyl (C=O) groups is 2. The Labute approximate surface area is 189 Å². The summed E-state index contributed by atoms with van der Waals surface area (Å²) >= 11 is 0. The van der Waals surface area contributed by atoms with Gasteiger partial charge in [0.15, 0.2) is 0 Å². The second kappa shape index (κ2) is 11.7. The van der Waals surface area contributed by atoms with Crippen molar-refractivity contribution in [2.45, 2.75) is 32.2 Å². The van der Waals surface area contributed by atoms with Crippen molar-refractivity contribution in [3.05, 3.63) is 66.0 Å². The van der Waals surface area contributed by atoms with Crippen molar-refractivity contribution in [3.63, 3.8) is 0 Å². The number of amides is 2. The Bertz CT molecular complexity index is 867. The molecule has 7 heteroatoms. The highest BCUT2D eigenvalue weighted by molar-refractivity contribution is 5.92. The number of nitrogens with one attached hydrogen (secondary N) is 2. The average Bonchev–Trinajstić information content (AvgIpc) is 2.81. The molecule has 0 bridgehead atoms. The first-order valence-corrected chi connectivity index (χ1v) is 11.3. The Morgan fingerprint density at radius 2 is 1.66 bits per heavy atom. The van der Waals surface area contributed by atoms with Crippen molar-refractivity contribution >= 4 is 17.5 Å². The van der Waals surface area contributed by atoms with Crippen LogP contribution in [0.1, 0.15) is 31.7 Å². The van der Waals surface area contributed by atoms with Crippen molar-refractivity contribution in [1.82, 2.24) is 15.1 Å². The molecule has 0 saturated carbocycles. The monoisotopic (exact) mass is 440 g/mol. The van der Waals surface area contributed by atoms with Gasteiger partial charge in [0.1, 0.15) is 5.82 Å². The maximum absolute atomic E-state index is 13.0. The summed E-state index contributed by atoms with van der Waals surface area (Å²) < 4.78 is 13.0. The van der Waals surface area contributed by atoms with Crippen LogP contribution in [0.5, 0.6) is 0 Å². The number of nitrogens with zero attached hydrogens (tertiary/aromatic N) is 2.